The first kappa shape index (κ1) is 17.5. The summed E-state index contributed by atoms with van der Waals surface area (Å²) in [7, 11) is 1.69. The van der Waals surface area contributed by atoms with E-state index in [0.29, 0.717) is 6.42 Å². The van der Waals surface area contributed by atoms with E-state index in [4.69, 9.17) is 4.74 Å². The van der Waals surface area contributed by atoms with Crippen molar-refractivity contribution < 1.29 is 14.2 Å². The number of ether oxygens (including phenoxy) is 1. The Morgan fingerprint density at radius 2 is 1.70 bits per heavy atom. The second kappa shape index (κ2) is 7.14. The minimum absolute atomic E-state index is 0.00447. The summed E-state index contributed by atoms with van der Waals surface area (Å²) in [4.78, 5) is 0. The lowest BCUT2D eigenvalue weighted by atomic mass is 9.87. The van der Waals surface area contributed by atoms with Crippen LogP contribution in [0.15, 0.2) is 30.3 Å². The number of aryl methyl sites for hydroxylation is 2. The molecule has 0 bridgehead atoms. The first-order chi connectivity index (χ1) is 10.8. The van der Waals surface area contributed by atoms with Crippen LogP contribution in [0, 0.1) is 32.5 Å². The van der Waals surface area contributed by atoms with Crippen molar-refractivity contribution in [2.24, 2.45) is 5.92 Å². The van der Waals surface area contributed by atoms with Gasteiger partial charge in [0.15, 0.2) is 0 Å². The van der Waals surface area contributed by atoms with Gasteiger partial charge in [-0.2, -0.15) is 0 Å². The highest BCUT2D eigenvalue weighted by Gasteiger charge is 2.21. The largest absolute Gasteiger partial charge is 0.496 e. The molecule has 0 aliphatic heterocycles. The first-order valence-electron chi connectivity index (χ1n) is 7.92. The van der Waals surface area contributed by atoms with Crippen LogP contribution in [0.25, 0.3) is 0 Å². The Bertz CT molecular complexity index is 677. The van der Waals surface area contributed by atoms with E-state index in [1.807, 2.05) is 6.92 Å². The minimum atomic E-state index is -0.638. The fourth-order valence-electron chi connectivity index (χ4n) is 3.06. The lowest BCUT2D eigenvalue weighted by Crippen LogP contribution is -2.14. The van der Waals surface area contributed by atoms with Crippen molar-refractivity contribution in [3.8, 4) is 5.75 Å². The Labute approximate surface area is 137 Å². The molecule has 0 aliphatic rings. The lowest BCUT2D eigenvalue weighted by molar-refractivity contribution is 0.117. The van der Waals surface area contributed by atoms with Crippen LogP contribution in [0.1, 0.15) is 40.8 Å². The molecule has 23 heavy (non-hydrogen) atoms. The molecule has 2 rings (SSSR count). The molecule has 3 heteroatoms. The van der Waals surface area contributed by atoms with Crippen LogP contribution < -0.4 is 4.74 Å². The van der Waals surface area contributed by atoms with Gasteiger partial charge in [-0.3, -0.25) is 0 Å². The number of methoxy groups -OCH3 is 1. The molecule has 1 N–H and O–H groups in total. The summed E-state index contributed by atoms with van der Waals surface area (Å²) in [6.07, 6.45) is 0.0654. The molecule has 0 amide bonds. The van der Waals surface area contributed by atoms with E-state index < -0.39 is 6.10 Å². The molecule has 2 atom stereocenters. The Morgan fingerprint density at radius 3 is 2.26 bits per heavy atom. The maximum Gasteiger partial charge on any atom is 0.125 e. The molecule has 0 aromatic heterocycles. The fourth-order valence-corrected chi connectivity index (χ4v) is 3.06. The summed E-state index contributed by atoms with van der Waals surface area (Å²) >= 11 is 0. The van der Waals surface area contributed by atoms with Crippen molar-refractivity contribution >= 4 is 0 Å². The number of aliphatic hydroxyl groups excluding tert-OH is 1. The molecule has 2 aromatic carbocycles. The quantitative estimate of drug-likeness (QED) is 0.868. The Kier molecular flexibility index (Phi) is 5.42. The van der Waals surface area contributed by atoms with E-state index in [1.165, 1.54) is 23.3 Å². The van der Waals surface area contributed by atoms with Crippen molar-refractivity contribution in [2.45, 2.75) is 40.2 Å². The van der Waals surface area contributed by atoms with Crippen molar-refractivity contribution in [2.75, 3.05) is 7.11 Å². The van der Waals surface area contributed by atoms with Gasteiger partial charge in [0.25, 0.3) is 0 Å². The molecule has 0 heterocycles. The second-order valence-corrected chi connectivity index (χ2v) is 6.32. The number of hydrogen-bond acceptors (Lipinski definition) is 2. The first-order valence-corrected chi connectivity index (χ1v) is 7.92. The third-order valence-electron chi connectivity index (χ3n) is 4.60. The maximum atomic E-state index is 13.0. The summed E-state index contributed by atoms with van der Waals surface area (Å²) < 4.78 is 18.6. The van der Waals surface area contributed by atoms with Gasteiger partial charge in [0.05, 0.1) is 13.2 Å². The molecular formula is C20H25FO2. The van der Waals surface area contributed by atoms with Gasteiger partial charge in [0.1, 0.15) is 11.6 Å². The minimum Gasteiger partial charge on any atom is -0.496 e. The number of benzene rings is 2. The summed E-state index contributed by atoms with van der Waals surface area (Å²) in [6, 6.07) is 8.20. The summed E-state index contributed by atoms with van der Waals surface area (Å²) in [6.45, 7) is 8.20. The molecule has 2 unspecified atom stereocenters. The van der Waals surface area contributed by atoms with E-state index in [0.717, 1.165) is 22.4 Å². The van der Waals surface area contributed by atoms with Gasteiger partial charge in [-0.15, -0.1) is 0 Å². The zero-order chi connectivity index (χ0) is 17.1. The fraction of sp³-hybridized carbons (Fsp3) is 0.400. The van der Waals surface area contributed by atoms with Crippen LogP contribution in [0.2, 0.25) is 0 Å². The van der Waals surface area contributed by atoms with Crippen molar-refractivity contribution in [3.63, 3.8) is 0 Å². The van der Waals surface area contributed by atoms with Gasteiger partial charge < -0.3 is 9.84 Å². The van der Waals surface area contributed by atoms with Crippen LogP contribution in [0.4, 0.5) is 4.39 Å². The predicted octanol–water partition coefficient (Wildman–Crippen LogP) is 4.67. The van der Waals surface area contributed by atoms with Crippen LogP contribution in [0.3, 0.4) is 0 Å². The second-order valence-electron chi connectivity index (χ2n) is 6.32. The van der Waals surface area contributed by atoms with Gasteiger partial charge >= 0.3 is 0 Å². The van der Waals surface area contributed by atoms with Crippen molar-refractivity contribution in [1.82, 2.24) is 0 Å². The molecule has 0 saturated heterocycles. The third kappa shape index (κ3) is 3.73. The highest BCUT2D eigenvalue weighted by Crippen LogP contribution is 2.34. The third-order valence-corrected chi connectivity index (χ3v) is 4.60. The molecule has 124 valence electrons. The van der Waals surface area contributed by atoms with E-state index in [-0.39, 0.29) is 11.7 Å². The van der Waals surface area contributed by atoms with Gasteiger partial charge in [-0.05, 0) is 73.1 Å². The van der Waals surface area contributed by atoms with Crippen LogP contribution in [0.5, 0.6) is 5.75 Å². The van der Waals surface area contributed by atoms with E-state index in [2.05, 4.69) is 26.8 Å². The molecule has 0 aliphatic carbocycles. The van der Waals surface area contributed by atoms with Crippen molar-refractivity contribution in [3.05, 3.63) is 64.0 Å². The van der Waals surface area contributed by atoms with Gasteiger partial charge in [-0.1, -0.05) is 25.1 Å². The number of aliphatic hydroxyl groups is 1. The zero-order valence-electron chi connectivity index (χ0n) is 14.5. The average molecular weight is 316 g/mol. The van der Waals surface area contributed by atoms with Gasteiger partial charge in [0, 0.05) is 0 Å². The van der Waals surface area contributed by atoms with Crippen LogP contribution >= 0.6 is 0 Å². The van der Waals surface area contributed by atoms with E-state index in [9.17, 15) is 9.50 Å². The normalized spacial score (nSPS) is 13.7. The zero-order valence-corrected chi connectivity index (χ0v) is 14.5. The highest BCUT2D eigenvalue weighted by atomic mass is 19.1. The predicted molar refractivity (Wildman–Crippen MR) is 91.4 cm³/mol. The summed E-state index contributed by atoms with van der Waals surface area (Å²) in [5.74, 6) is 0.607. The molecular weight excluding hydrogens is 291 g/mol. The lowest BCUT2D eigenvalue weighted by Gasteiger charge is -2.23. The van der Waals surface area contributed by atoms with E-state index >= 15 is 0 Å². The van der Waals surface area contributed by atoms with E-state index in [1.54, 1.807) is 19.2 Å². The average Bonchev–Trinajstić information content (AvgIpc) is 2.52. The number of halogens is 1. The number of rotatable bonds is 5. The molecule has 0 fully saturated rings. The standard InChI is InChI=1S/C20H25FO2/c1-12-10-13(2)18(20(23-5)15(12)4)11-14(3)19(22)16-6-8-17(21)9-7-16/h6-10,14,19,22H,11H2,1-5H3. The molecule has 0 radical (unpaired) electrons. The maximum absolute atomic E-state index is 13.0. The highest BCUT2D eigenvalue weighted by molar-refractivity contribution is 5.50. The Hall–Kier alpha value is -1.87. The SMILES string of the molecule is COc1c(C)c(C)cc(C)c1CC(C)C(O)c1ccc(F)cc1. The van der Waals surface area contributed by atoms with Gasteiger partial charge in [-0.25, -0.2) is 4.39 Å². The summed E-state index contributed by atoms with van der Waals surface area (Å²) in [5.41, 5.74) is 5.37. The van der Waals surface area contributed by atoms with Crippen LogP contribution in [-0.4, -0.2) is 12.2 Å². The molecule has 0 spiro atoms. The number of hydrogen-bond donors (Lipinski definition) is 1. The molecule has 2 aromatic rings. The summed E-state index contributed by atoms with van der Waals surface area (Å²) in [5, 5.41) is 10.6. The molecule has 0 saturated carbocycles. The Morgan fingerprint density at radius 1 is 1.09 bits per heavy atom. The van der Waals surface area contributed by atoms with Crippen molar-refractivity contribution in [1.29, 1.82) is 0 Å². The van der Waals surface area contributed by atoms with Gasteiger partial charge in [0.2, 0.25) is 0 Å². The Balaban J connectivity index is 2.28. The topological polar surface area (TPSA) is 29.5 Å². The smallest absolute Gasteiger partial charge is 0.125 e. The monoisotopic (exact) mass is 316 g/mol. The molecule has 2 nitrogen and oxygen atoms in total. The van der Waals surface area contributed by atoms with Crippen LogP contribution in [-0.2, 0) is 6.42 Å².